The molecule has 4 aromatic rings. The standard InChI is InChI=1S/C22H18N6OS/c1-3-29-19-10-8-18(9-11-19)28-21(16-6-4-5-15(2)13-16)26-27-22(28)30-20-12-7-17(14-23)24-25-20/h4-13H,3H2,1-2H3. The molecule has 0 saturated carbocycles. The van der Waals surface area contributed by atoms with Crippen LogP contribution in [-0.4, -0.2) is 31.6 Å². The quantitative estimate of drug-likeness (QED) is 0.460. The molecule has 0 unspecified atom stereocenters. The smallest absolute Gasteiger partial charge is 0.202 e. The zero-order chi connectivity index (χ0) is 20.9. The average Bonchev–Trinajstić information content (AvgIpc) is 3.18. The van der Waals surface area contributed by atoms with Crippen molar-refractivity contribution in [2.45, 2.75) is 24.0 Å². The second-order valence-electron chi connectivity index (χ2n) is 6.41. The molecule has 2 aromatic carbocycles. The molecule has 0 N–H and O–H groups in total. The van der Waals surface area contributed by atoms with Gasteiger partial charge in [0, 0.05) is 5.56 Å². The second-order valence-corrected chi connectivity index (χ2v) is 7.40. The van der Waals surface area contributed by atoms with Crippen molar-refractivity contribution in [2.24, 2.45) is 0 Å². The Kier molecular flexibility index (Phi) is 5.72. The molecule has 0 atom stereocenters. The van der Waals surface area contributed by atoms with Crippen molar-refractivity contribution in [3.8, 4) is 28.9 Å². The van der Waals surface area contributed by atoms with Crippen molar-refractivity contribution < 1.29 is 4.74 Å². The highest BCUT2D eigenvalue weighted by molar-refractivity contribution is 7.99. The molecular formula is C22H18N6OS. The largest absolute Gasteiger partial charge is 0.494 e. The van der Waals surface area contributed by atoms with Gasteiger partial charge in [0.1, 0.15) is 16.8 Å². The number of aryl methyl sites for hydroxylation is 1. The first-order chi connectivity index (χ1) is 14.7. The summed E-state index contributed by atoms with van der Waals surface area (Å²) in [4.78, 5) is 0. The summed E-state index contributed by atoms with van der Waals surface area (Å²) in [7, 11) is 0. The maximum atomic E-state index is 8.93. The molecule has 0 spiro atoms. The van der Waals surface area contributed by atoms with E-state index in [0.29, 0.717) is 16.8 Å². The molecule has 2 heterocycles. The third kappa shape index (κ3) is 4.16. The van der Waals surface area contributed by atoms with E-state index in [1.807, 2.05) is 66.9 Å². The van der Waals surface area contributed by atoms with Crippen molar-refractivity contribution in [3.05, 3.63) is 71.9 Å². The molecular weight excluding hydrogens is 396 g/mol. The van der Waals surface area contributed by atoms with Crippen LogP contribution >= 0.6 is 11.8 Å². The fourth-order valence-corrected chi connectivity index (χ4v) is 3.70. The SMILES string of the molecule is CCOc1ccc(-n2c(Sc3ccc(C#N)nn3)nnc2-c2cccc(C)c2)cc1. The number of nitriles is 1. The van der Waals surface area contributed by atoms with Crippen molar-refractivity contribution >= 4 is 11.8 Å². The van der Waals surface area contributed by atoms with Crippen molar-refractivity contribution in [1.82, 2.24) is 25.0 Å². The van der Waals surface area contributed by atoms with Crippen molar-refractivity contribution in [3.63, 3.8) is 0 Å². The van der Waals surface area contributed by atoms with Crippen LogP contribution in [-0.2, 0) is 0 Å². The molecule has 0 aliphatic heterocycles. The van der Waals surface area contributed by atoms with Gasteiger partial charge in [-0.15, -0.1) is 20.4 Å². The monoisotopic (exact) mass is 414 g/mol. The Labute approximate surface area is 178 Å². The number of aromatic nitrogens is 5. The zero-order valence-electron chi connectivity index (χ0n) is 16.5. The normalized spacial score (nSPS) is 10.6. The minimum atomic E-state index is 0.271. The number of hydrogen-bond acceptors (Lipinski definition) is 7. The third-order valence-corrected chi connectivity index (χ3v) is 5.14. The predicted octanol–water partition coefficient (Wildman–Crippen LogP) is 4.45. The van der Waals surface area contributed by atoms with Gasteiger partial charge in [0.15, 0.2) is 11.5 Å². The summed E-state index contributed by atoms with van der Waals surface area (Å²) in [5, 5.41) is 27.1. The lowest BCUT2D eigenvalue weighted by molar-refractivity contribution is 0.340. The van der Waals surface area contributed by atoms with Crippen molar-refractivity contribution in [1.29, 1.82) is 5.26 Å². The Morgan fingerprint density at radius 2 is 1.83 bits per heavy atom. The van der Waals surface area contributed by atoms with Gasteiger partial charge >= 0.3 is 0 Å². The lowest BCUT2D eigenvalue weighted by Gasteiger charge is -2.11. The number of benzene rings is 2. The molecule has 0 amide bonds. The highest BCUT2D eigenvalue weighted by Crippen LogP contribution is 2.32. The minimum absolute atomic E-state index is 0.271. The van der Waals surface area contributed by atoms with Crippen LogP contribution in [0.5, 0.6) is 5.75 Å². The van der Waals surface area contributed by atoms with Crippen LogP contribution in [0.15, 0.2) is 70.8 Å². The number of hydrogen-bond donors (Lipinski definition) is 0. The maximum absolute atomic E-state index is 8.93. The van der Waals surface area contributed by atoms with Gasteiger partial charge in [-0.05, 0) is 68.1 Å². The summed E-state index contributed by atoms with van der Waals surface area (Å²) in [6.07, 6.45) is 0. The van der Waals surface area contributed by atoms with E-state index in [2.05, 4.69) is 26.5 Å². The number of rotatable bonds is 6. The van der Waals surface area contributed by atoms with Crippen LogP contribution in [0.4, 0.5) is 0 Å². The highest BCUT2D eigenvalue weighted by atomic mass is 32.2. The molecule has 7 nitrogen and oxygen atoms in total. The summed E-state index contributed by atoms with van der Waals surface area (Å²) < 4.78 is 7.55. The first kappa shape index (κ1) is 19.6. The summed E-state index contributed by atoms with van der Waals surface area (Å²) in [6, 6.07) is 21.3. The Hall–Kier alpha value is -3.70. The van der Waals surface area contributed by atoms with Gasteiger partial charge in [-0.1, -0.05) is 23.8 Å². The van der Waals surface area contributed by atoms with E-state index >= 15 is 0 Å². The minimum Gasteiger partial charge on any atom is -0.494 e. The van der Waals surface area contributed by atoms with Gasteiger partial charge in [0.05, 0.1) is 12.3 Å². The van der Waals surface area contributed by atoms with Gasteiger partial charge < -0.3 is 4.74 Å². The van der Waals surface area contributed by atoms with E-state index in [1.54, 1.807) is 12.1 Å². The van der Waals surface area contributed by atoms with Gasteiger partial charge in [-0.25, -0.2) is 0 Å². The number of nitrogens with zero attached hydrogens (tertiary/aromatic N) is 6. The molecule has 0 bridgehead atoms. The summed E-state index contributed by atoms with van der Waals surface area (Å²) in [5.41, 5.74) is 3.28. The van der Waals surface area contributed by atoms with Crippen LogP contribution < -0.4 is 4.74 Å². The predicted molar refractivity (Wildman–Crippen MR) is 114 cm³/mol. The molecule has 0 radical (unpaired) electrons. The highest BCUT2D eigenvalue weighted by Gasteiger charge is 2.18. The topological polar surface area (TPSA) is 89.5 Å². The molecule has 148 valence electrons. The second kappa shape index (κ2) is 8.76. The van der Waals surface area contributed by atoms with Crippen molar-refractivity contribution in [2.75, 3.05) is 6.61 Å². The van der Waals surface area contributed by atoms with E-state index in [4.69, 9.17) is 10.00 Å². The molecule has 30 heavy (non-hydrogen) atoms. The van der Waals surface area contributed by atoms with E-state index in [1.165, 1.54) is 11.8 Å². The summed E-state index contributed by atoms with van der Waals surface area (Å²) in [5.74, 6) is 1.53. The first-order valence-electron chi connectivity index (χ1n) is 9.35. The van der Waals surface area contributed by atoms with Gasteiger partial charge in [-0.3, -0.25) is 4.57 Å². The van der Waals surface area contributed by atoms with E-state index in [0.717, 1.165) is 28.4 Å². The van der Waals surface area contributed by atoms with Gasteiger partial charge in [-0.2, -0.15) is 5.26 Å². The Morgan fingerprint density at radius 3 is 2.50 bits per heavy atom. The van der Waals surface area contributed by atoms with Gasteiger partial charge in [0.2, 0.25) is 5.16 Å². The fourth-order valence-electron chi connectivity index (χ4n) is 2.93. The fraction of sp³-hybridized carbons (Fsp3) is 0.136. The lowest BCUT2D eigenvalue weighted by Crippen LogP contribution is -2.01. The van der Waals surface area contributed by atoms with Crippen LogP contribution in [0.2, 0.25) is 0 Å². The van der Waals surface area contributed by atoms with E-state index in [9.17, 15) is 0 Å². The average molecular weight is 414 g/mol. The number of ether oxygens (including phenoxy) is 1. The molecule has 0 aliphatic carbocycles. The molecule has 2 aromatic heterocycles. The maximum Gasteiger partial charge on any atom is 0.202 e. The van der Waals surface area contributed by atoms with E-state index < -0.39 is 0 Å². The molecule has 0 aliphatic rings. The molecule has 0 saturated heterocycles. The van der Waals surface area contributed by atoms with E-state index in [-0.39, 0.29) is 5.69 Å². The first-order valence-corrected chi connectivity index (χ1v) is 10.2. The molecule has 8 heteroatoms. The van der Waals surface area contributed by atoms with Crippen LogP contribution in [0.3, 0.4) is 0 Å². The van der Waals surface area contributed by atoms with Gasteiger partial charge in [0.25, 0.3) is 0 Å². The zero-order valence-corrected chi connectivity index (χ0v) is 17.3. The lowest BCUT2D eigenvalue weighted by atomic mass is 10.1. The van der Waals surface area contributed by atoms with Crippen LogP contribution in [0.1, 0.15) is 18.2 Å². The summed E-state index contributed by atoms with van der Waals surface area (Å²) >= 11 is 1.34. The summed E-state index contributed by atoms with van der Waals surface area (Å²) in [6.45, 7) is 4.61. The Morgan fingerprint density at radius 1 is 1.00 bits per heavy atom. The molecule has 0 fully saturated rings. The van der Waals surface area contributed by atoms with Crippen LogP contribution in [0.25, 0.3) is 17.1 Å². The Bertz CT molecular complexity index is 1200. The Balaban J connectivity index is 1.78. The molecule has 4 rings (SSSR count). The van der Waals surface area contributed by atoms with Crippen LogP contribution in [0, 0.1) is 18.3 Å². The third-order valence-electron chi connectivity index (χ3n) is 4.27.